The molecule has 0 saturated carbocycles. The van der Waals surface area contributed by atoms with Gasteiger partial charge in [0.1, 0.15) is 11.5 Å². The molecule has 1 N–H and O–H groups in total. The Balaban J connectivity index is 1.60. The van der Waals surface area contributed by atoms with Crippen molar-refractivity contribution in [3.05, 3.63) is 90.1 Å². The Morgan fingerprint density at radius 2 is 1.97 bits per heavy atom. The van der Waals surface area contributed by atoms with Gasteiger partial charge >= 0.3 is 0 Å². The van der Waals surface area contributed by atoms with Crippen LogP contribution in [0.3, 0.4) is 0 Å². The zero-order valence-electron chi connectivity index (χ0n) is 17.6. The van der Waals surface area contributed by atoms with Crippen molar-refractivity contribution in [3.63, 3.8) is 0 Å². The van der Waals surface area contributed by atoms with Crippen LogP contribution in [0.25, 0.3) is 11.4 Å². The first-order valence-corrected chi connectivity index (χ1v) is 10.2. The van der Waals surface area contributed by atoms with Crippen LogP contribution < -0.4 is 10.2 Å². The molecule has 0 spiro atoms. The van der Waals surface area contributed by atoms with Crippen molar-refractivity contribution in [2.75, 3.05) is 16.8 Å². The summed E-state index contributed by atoms with van der Waals surface area (Å²) in [6.07, 6.45) is 6.65. The number of hydrogen-bond acceptors (Lipinski definition) is 5. The number of aromatic nitrogens is 4. The first-order valence-electron chi connectivity index (χ1n) is 10.2. The maximum atomic E-state index is 13.5. The van der Waals surface area contributed by atoms with Crippen LogP contribution in [0.2, 0.25) is 0 Å². The standard InChI is InChI=1S/C24H23FN6O/c1-30-13-10-22(29-30)21-7-8-23(31(17-32)16-19-5-3-11-26-15-19)24(28-21)27-12-9-18-4-2-6-20(25)14-18/h2-8,10-11,13-15,17H,9,12,16H2,1H3,(H,27,28). The fourth-order valence-corrected chi connectivity index (χ4v) is 3.39. The lowest BCUT2D eigenvalue weighted by Gasteiger charge is -2.21. The molecule has 4 rings (SSSR count). The third kappa shape index (κ3) is 5.15. The second-order valence-electron chi connectivity index (χ2n) is 7.34. The molecule has 0 aliphatic rings. The van der Waals surface area contributed by atoms with E-state index in [1.165, 1.54) is 12.1 Å². The first-order chi connectivity index (χ1) is 15.6. The topological polar surface area (TPSA) is 75.9 Å². The summed E-state index contributed by atoms with van der Waals surface area (Å²) in [5, 5.41) is 7.73. The number of aryl methyl sites for hydroxylation is 1. The van der Waals surface area contributed by atoms with Gasteiger partial charge in [-0.25, -0.2) is 9.37 Å². The van der Waals surface area contributed by atoms with E-state index in [9.17, 15) is 9.18 Å². The van der Waals surface area contributed by atoms with E-state index < -0.39 is 0 Å². The summed E-state index contributed by atoms with van der Waals surface area (Å²) in [4.78, 5) is 22.4. The lowest BCUT2D eigenvalue weighted by Crippen LogP contribution is -2.23. The number of benzene rings is 1. The number of carbonyl (C=O) groups is 1. The monoisotopic (exact) mass is 430 g/mol. The number of amides is 1. The molecule has 0 radical (unpaired) electrons. The minimum absolute atomic E-state index is 0.262. The van der Waals surface area contributed by atoms with E-state index in [1.807, 2.05) is 49.6 Å². The van der Waals surface area contributed by atoms with Crippen LogP contribution in [0, 0.1) is 5.82 Å². The smallest absolute Gasteiger partial charge is 0.214 e. The van der Waals surface area contributed by atoms with Crippen LogP contribution in [0.1, 0.15) is 11.1 Å². The van der Waals surface area contributed by atoms with Gasteiger partial charge in [0.05, 0.1) is 17.9 Å². The predicted molar refractivity (Wildman–Crippen MR) is 122 cm³/mol. The summed E-state index contributed by atoms with van der Waals surface area (Å²) in [6, 6.07) is 15.8. The number of nitrogens with one attached hydrogen (secondary N) is 1. The second kappa shape index (κ2) is 9.82. The minimum Gasteiger partial charge on any atom is -0.368 e. The van der Waals surface area contributed by atoms with Crippen molar-refractivity contribution < 1.29 is 9.18 Å². The number of carbonyl (C=O) groups excluding carboxylic acids is 1. The van der Waals surface area contributed by atoms with Crippen molar-refractivity contribution in [2.45, 2.75) is 13.0 Å². The molecule has 0 atom stereocenters. The molecular formula is C24H23FN6O. The number of pyridine rings is 2. The van der Waals surface area contributed by atoms with Gasteiger partial charge in [0.25, 0.3) is 0 Å². The van der Waals surface area contributed by atoms with E-state index in [1.54, 1.807) is 28.0 Å². The average Bonchev–Trinajstić information content (AvgIpc) is 3.25. The molecule has 162 valence electrons. The molecule has 1 amide bonds. The van der Waals surface area contributed by atoms with Crippen molar-refractivity contribution >= 4 is 17.9 Å². The molecule has 3 aromatic heterocycles. The molecule has 4 aromatic rings. The van der Waals surface area contributed by atoms with E-state index in [2.05, 4.69) is 15.4 Å². The fraction of sp³-hybridized carbons (Fsp3) is 0.167. The SMILES string of the molecule is Cn1ccc(-c2ccc(N(C=O)Cc3cccnc3)c(NCCc3cccc(F)c3)n2)n1. The van der Waals surface area contributed by atoms with Gasteiger partial charge in [-0.15, -0.1) is 0 Å². The lowest BCUT2D eigenvalue weighted by molar-refractivity contribution is -0.107. The predicted octanol–water partition coefficient (Wildman–Crippen LogP) is 3.83. The molecule has 1 aromatic carbocycles. The zero-order valence-corrected chi connectivity index (χ0v) is 17.6. The largest absolute Gasteiger partial charge is 0.368 e. The second-order valence-corrected chi connectivity index (χ2v) is 7.34. The minimum atomic E-state index is -0.262. The van der Waals surface area contributed by atoms with Crippen LogP contribution >= 0.6 is 0 Å². The van der Waals surface area contributed by atoms with Crippen LogP contribution in [0.5, 0.6) is 0 Å². The Bertz CT molecular complexity index is 1190. The highest BCUT2D eigenvalue weighted by Gasteiger charge is 2.15. The van der Waals surface area contributed by atoms with Gasteiger partial charge in [-0.05, 0) is 53.9 Å². The molecular weight excluding hydrogens is 407 g/mol. The van der Waals surface area contributed by atoms with Crippen LogP contribution in [0.4, 0.5) is 15.9 Å². The highest BCUT2D eigenvalue weighted by atomic mass is 19.1. The number of anilines is 2. The van der Waals surface area contributed by atoms with E-state index >= 15 is 0 Å². The Hall–Kier alpha value is -4.07. The number of nitrogens with zero attached hydrogens (tertiary/aromatic N) is 5. The van der Waals surface area contributed by atoms with E-state index in [-0.39, 0.29) is 5.82 Å². The van der Waals surface area contributed by atoms with Crippen molar-refractivity contribution in [3.8, 4) is 11.4 Å². The number of halogens is 1. The summed E-state index contributed by atoms with van der Waals surface area (Å²) in [5.74, 6) is 0.294. The highest BCUT2D eigenvalue weighted by Crippen LogP contribution is 2.28. The maximum Gasteiger partial charge on any atom is 0.214 e. The summed E-state index contributed by atoms with van der Waals surface area (Å²) in [7, 11) is 1.85. The van der Waals surface area contributed by atoms with Crippen LogP contribution in [-0.2, 0) is 24.8 Å². The molecule has 0 bridgehead atoms. The van der Waals surface area contributed by atoms with Gasteiger partial charge in [0, 0.05) is 32.2 Å². The van der Waals surface area contributed by atoms with Crippen LogP contribution in [-0.4, -0.2) is 32.7 Å². The highest BCUT2D eigenvalue weighted by molar-refractivity contribution is 5.83. The Morgan fingerprint density at radius 3 is 2.69 bits per heavy atom. The van der Waals surface area contributed by atoms with E-state index in [0.29, 0.717) is 36.7 Å². The Kier molecular flexibility index (Phi) is 6.50. The van der Waals surface area contributed by atoms with Gasteiger partial charge in [-0.1, -0.05) is 18.2 Å². The normalized spacial score (nSPS) is 10.7. The molecule has 7 nitrogen and oxygen atoms in total. The Labute approximate surface area is 185 Å². The zero-order chi connectivity index (χ0) is 22.3. The molecule has 0 aliphatic carbocycles. The number of hydrogen-bond donors (Lipinski definition) is 1. The molecule has 0 unspecified atom stereocenters. The van der Waals surface area contributed by atoms with Crippen molar-refractivity contribution in [1.82, 2.24) is 19.7 Å². The summed E-state index contributed by atoms with van der Waals surface area (Å²) in [5.41, 5.74) is 3.84. The molecule has 0 fully saturated rings. The average molecular weight is 430 g/mol. The lowest BCUT2D eigenvalue weighted by atomic mass is 10.1. The van der Waals surface area contributed by atoms with E-state index in [0.717, 1.165) is 23.2 Å². The van der Waals surface area contributed by atoms with Crippen LogP contribution in [0.15, 0.2) is 73.2 Å². The molecule has 32 heavy (non-hydrogen) atoms. The van der Waals surface area contributed by atoms with Gasteiger partial charge in [-0.2, -0.15) is 5.10 Å². The molecule has 8 heteroatoms. The quantitative estimate of drug-likeness (QED) is 0.409. The summed E-state index contributed by atoms with van der Waals surface area (Å²) < 4.78 is 15.2. The number of rotatable bonds is 9. The van der Waals surface area contributed by atoms with Gasteiger partial charge in [-0.3, -0.25) is 14.5 Å². The first kappa shape index (κ1) is 21.2. The fourth-order valence-electron chi connectivity index (χ4n) is 3.39. The van der Waals surface area contributed by atoms with Gasteiger partial charge in [0.2, 0.25) is 6.41 Å². The molecule has 0 saturated heterocycles. The Morgan fingerprint density at radius 1 is 1.09 bits per heavy atom. The molecule has 0 aliphatic heterocycles. The molecule has 3 heterocycles. The summed E-state index contributed by atoms with van der Waals surface area (Å²) >= 11 is 0. The maximum absolute atomic E-state index is 13.5. The van der Waals surface area contributed by atoms with Gasteiger partial charge < -0.3 is 10.2 Å². The van der Waals surface area contributed by atoms with Gasteiger partial charge in [0.15, 0.2) is 5.82 Å². The third-order valence-electron chi connectivity index (χ3n) is 4.96. The summed E-state index contributed by atoms with van der Waals surface area (Å²) in [6.45, 7) is 0.884. The van der Waals surface area contributed by atoms with E-state index in [4.69, 9.17) is 4.98 Å². The van der Waals surface area contributed by atoms with Crippen molar-refractivity contribution in [1.29, 1.82) is 0 Å². The third-order valence-corrected chi connectivity index (χ3v) is 4.96. The van der Waals surface area contributed by atoms with Crippen molar-refractivity contribution in [2.24, 2.45) is 7.05 Å².